The largest absolute Gasteiger partial charge is 0.497 e. The van der Waals surface area contributed by atoms with Crippen LogP contribution < -0.4 is 4.74 Å². The molecule has 0 radical (unpaired) electrons. The number of H-pyrrole nitrogens is 1. The van der Waals surface area contributed by atoms with Gasteiger partial charge in [-0.05, 0) is 69.2 Å². The van der Waals surface area contributed by atoms with Crippen molar-refractivity contribution in [2.45, 2.75) is 51.5 Å². The number of benzene rings is 1. The molecule has 1 amide bonds. The molecule has 1 N–H and O–H groups in total. The Labute approximate surface area is 177 Å². The molecular formula is C24H30N4O2. The lowest BCUT2D eigenvalue weighted by molar-refractivity contribution is 0.0680. The second-order valence-corrected chi connectivity index (χ2v) is 8.84. The van der Waals surface area contributed by atoms with E-state index < -0.39 is 0 Å². The fourth-order valence-electron chi connectivity index (χ4n) is 4.70. The normalized spacial score (nSPS) is 17.6. The lowest BCUT2D eigenvalue weighted by Crippen LogP contribution is -2.38. The van der Waals surface area contributed by atoms with Crippen LogP contribution in [-0.4, -0.2) is 45.5 Å². The fourth-order valence-corrected chi connectivity index (χ4v) is 4.70. The van der Waals surface area contributed by atoms with Crippen molar-refractivity contribution in [1.29, 1.82) is 0 Å². The quantitative estimate of drug-likeness (QED) is 0.655. The molecule has 5 rings (SSSR count). The lowest BCUT2D eigenvalue weighted by Gasteiger charge is -2.32. The molecule has 3 heterocycles. The standard InChI is InChI=1S/C24H30N4O2/c1-16-15-25-23(18-3-4-18)28(16)12-9-17-7-10-27(11-8-17)24(29)22-14-19-13-20(30-2)5-6-21(19)26-22/h5-6,13-15,17-18,26H,3-4,7-12H2,1-2H3. The van der Waals surface area contributed by atoms with Crippen LogP contribution in [0.4, 0.5) is 0 Å². The number of nitrogens with one attached hydrogen (secondary N) is 1. The molecule has 6 heteroatoms. The van der Waals surface area contributed by atoms with Crippen LogP contribution in [0.15, 0.2) is 30.5 Å². The summed E-state index contributed by atoms with van der Waals surface area (Å²) in [5.41, 5.74) is 2.91. The maximum absolute atomic E-state index is 13.0. The van der Waals surface area contributed by atoms with Gasteiger partial charge in [-0.25, -0.2) is 4.98 Å². The van der Waals surface area contributed by atoms with Gasteiger partial charge in [0.25, 0.3) is 5.91 Å². The van der Waals surface area contributed by atoms with Gasteiger partial charge in [-0.2, -0.15) is 0 Å². The Kier molecular flexibility index (Phi) is 5.01. The Morgan fingerprint density at radius 2 is 2.00 bits per heavy atom. The van der Waals surface area contributed by atoms with Gasteiger partial charge in [0.15, 0.2) is 0 Å². The van der Waals surface area contributed by atoms with Gasteiger partial charge in [-0.1, -0.05) is 0 Å². The van der Waals surface area contributed by atoms with Crippen LogP contribution in [-0.2, 0) is 6.54 Å². The Hall–Kier alpha value is -2.76. The van der Waals surface area contributed by atoms with E-state index >= 15 is 0 Å². The zero-order valence-corrected chi connectivity index (χ0v) is 17.9. The minimum Gasteiger partial charge on any atom is -0.497 e. The van der Waals surface area contributed by atoms with E-state index in [9.17, 15) is 4.79 Å². The predicted octanol–water partition coefficient (Wildman–Crippen LogP) is 4.50. The minimum atomic E-state index is 0.102. The molecular weight excluding hydrogens is 376 g/mol. The number of carbonyl (C=O) groups excluding carboxylic acids is 1. The summed E-state index contributed by atoms with van der Waals surface area (Å²) in [6, 6.07) is 7.77. The summed E-state index contributed by atoms with van der Waals surface area (Å²) < 4.78 is 7.71. The minimum absolute atomic E-state index is 0.102. The van der Waals surface area contributed by atoms with Crippen molar-refractivity contribution in [1.82, 2.24) is 19.4 Å². The van der Waals surface area contributed by atoms with Crippen LogP contribution in [0.25, 0.3) is 10.9 Å². The highest BCUT2D eigenvalue weighted by atomic mass is 16.5. The number of rotatable bonds is 6. The molecule has 1 aliphatic heterocycles. The van der Waals surface area contributed by atoms with Gasteiger partial charge in [0, 0.05) is 48.3 Å². The van der Waals surface area contributed by atoms with Crippen LogP contribution in [0, 0.1) is 12.8 Å². The highest BCUT2D eigenvalue weighted by Gasteiger charge is 2.29. The van der Waals surface area contributed by atoms with Crippen molar-refractivity contribution in [3.63, 3.8) is 0 Å². The van der Waals surface area contributed by atoms with Crippen LogP contribution in [0.1, 0.15) is 60.0 Å². The first-order valence-corrected chi connectivity index (χ1v) is 11.1. The molecule has 0 unspecified atom stereocenters. The van der Waals surface area contributed by atoms with Gasteiger partial charge in [-0.3, -0.25) is 4.79 Å². The van der Waals surface area contributed by atoms with E-state index in [1.54, 1.807) is 7.11 Å². The van der Waals surface area contributed by atoms with Crippen molar-refractivity contribution in [2.75, 3.05) is 20.2 Å². The first-order valence-electron chi connectivity index (χ1n) is 11.1. The van der Waals surface area contributed by atoms with Crippen LogP contribution >= 0.6 is 0 Å². The lowest BCUT2D eigenvalue weighted by atomic mass is 9.93. The van der Waals surface area contributed by atoms with Crippen LogP contribution in [0.5, 0.6) is 5.75 Å². The zero-order valence-electron chi connectivity index (χ0n) is 17.9. The van der Waals surface area contributed by atoms with Gasteiger partial charge >= 0.3 is 0 Å². The Balaban J connectivity index is 1.18. The summed E-state index contributed by atoms with van der Waals surface area (Å²) >= 11 is 0. The molecule has 2 aromatic heterocycles. The third kappa shape index (κ3) is 3.71. The van der Waals surface area contributed by atoms with E-state index in [0.29, 0.717) is 17.5 Å². The number of amides is 1. The number of nitrogens with zero attached hydrogens (tertiary/aromatic N) is 3. The topological polar surface area (TPSA) is 63.2 Å². The molecule has 1 saturated heterocycles. The SMILES string of the molecule is COc1ccc2[nH]c(C(=O)N3CCC(CCn4c(C)cnc4C4CC4)CC3)cc2c1. The maximum atomic E-state index is 13.0. The van der Waals surface area contributed by atoms with Gasteiger partial charge in [0.05, 0.1) is 7.11 Å². The number of aromatic amines is 1. The molecule has 30 heavy (non-hydrogen) atoms. The van der Waals surface area contributed by atoms with E-state index in [1.165, 1.54) is 30.8 Å². The van der Waals surface area contributed by atoms with Gasteiger partial charge in [0.1, 0.15) is 17.3 Å². The summed E-state index contributed by atoms with van der Waals surface area (Å²) in [7, 11) is 1.66. The van der Waals surface area contributed by atoms with Crippen molar-refractivity contribution in [2.24, 2.45) is 5.92 Å². The van der Waals surface area contributed by atoms with Crippen molar-refractivity contribution < 1.29 is 9.53 Å². The van der Waals surface area contributed by atoms with Crippen LogP contribution in [0.2, 0.25) is 0 Å². The van der Waals surface area contributed by atoms with Crippen molar-refractivity contribution in [3.8, 4) is 5.75 Å². The summed E-state index contributed by atoms with van der Waals surface area (Å²) in [5, 5.41) is 1.01. The number of hydrogen-bond acceptors (Lipinski definition) is 3. The average Bonchev–Trinajstić information content (AvgIpc) is 3.42. The van der Waals surface area contributed by atoms with Crippen molar-refractivity contribution in [3.05, 3.63) is 47.7 Å². The molecule has 6 nitrogen and oxygen atoms in total. The summed E-state index contributed by atoms with van der Waals surface area (Å²) in [6.07, 6.45) is 7.92. The second kappa shape index (κ2) is 7.82. The van der Waals surface area contributed by atoms with E-state index in [2.05, 4.69) is 21.5 Å². The summed E-state index contributed by atoms with van der Waals surface area (Å²) in [6.45, 7) is 4.89. The van der Waals surface area contributed by atoms with E-state index in [4.69, 9.17) is 4.74 Å². The molecule has 1 aliphatic carbocycles. The first-order chi connectivity index (χ1) is 14.6. The van der Waals surface area contributed by atoms with Gasteiger partial charge in [0.2, 0.25) is 0 Å². The molecule has 3 aromatic rings. The molecule has 2 aliphatic rings. The Morgan fingerprint density at radius 1 is 1.20 bits per heavy atom. The van der Waals surface area contributed by atoms with E-state index in [1.807, 2.05) is 35.4 Å². The molecule has 2 fully saturated rings. The van der Waals surface area contributed by atoms with E-state index in [-0.39, 0.29) is 5.91 Å². The zero-order chi connectivity index (χ0) is 20.7. The monoisotopic (exact) mass is 406 g/mol. The summed E-state index contributed by atoms with van der Waals surface area (Å²) in [4.78, 5) is 22.9. The molecule has 1 saturated carbocycles. The third-order valence-electron chi connectivity index (χ3n) is 6.75. The number of piperidine rings is 1. The van der Waals surface area contributed by atoms with Crippen LogP contribution in [0.3, 0.4) is 0 Å². The second-order valence-electron chi connectivity index (χ2n) is 8.84. The number of carbonyl (C=O) groups is 1. The molecule has 0 bridgehead atoms. The number of hydrogen-bond donors (Lipinski definition) is 1. The number of aromatic nitrogens is 3. The number of methoxy groups -OCH3 is 1. The summed E-state index contributed by atoms with van der Waals surface area (Å²) in [5.74, 6) is 3.56. The fraction of sp³-hybridized carbons (Fsp3) is 0.500. The number of imidazole rings is 1. The third-order valence-corrected chi connectivity index (χ3v) is 6.75. The van der Waals surface area contributed by atoms with E-state index in [0.717, 1.165) is 49.1 Å². The molecule has 0 spiro atoms. The predicted molar refractivity (Wildman–Crippen MR) is 117 cm³/mol. The molecule has 158 valence electrons. The highest BCUT2D eigenvalue weighted by Crippen LogP contribution is 2.39. The average molecular weight is 407 g/mol. The number of likely N-dealkylation sites (tertiary alicyclic amines) is 1. The number of fused-ring (bicyclic) bond motifs is 1. The van der Waals surface area contributed by atoms with Gasteiger partial charge in [-0.15, -0.1) is 0 Å². The molecule has 0 atom stereocenters. The number of ether oxygens (including phenoxy) is 1. The number of aryl methyl sites for hydroxylation is 1. The smallest absolute Gasteiger partial charge is 0.270 e. The molecule has 1 aromatic carbocycles. The van der Waals surface area contributed by atoms with Crippen molar-refractivity contribution >= 4 is 16.8 Å². The highest BCUT2D eigenvalue weighted by molar-refractivity contribution is 5.98. The maximum Gasteiger partial charge on any atom is 0.270 e. The Morgan fingerprint density at radius 3 is 2.73 bits per heavy atom. The Bertz CT molecular complexity index is 1050. The first kappa shape index (κ1) is 19.2. The van der Waals surface area contributed by atoms with Gasteiger partial charge < -0.3 is 19.2 Å².